The Morgan fingerprint density at radius 2 is 1.90 bits per heavy atom. The summed E-state index contributed by atoms with van der Waals surface area (Å²) in [4.78, 5) is 30.3. The summed E-state index contributed by atoms with van der Waals surface area (Å²) >= 11 is 12.5. The molecule has 0 amide bonds. The van der Waals surface area contributed by atoms with Gasteiger partial charge in [-0.25, -0.2) is 0 Å². The van der Waals surface area contributed by atoms with Crippen molar-refractivity contribution in [2.75, 3.05) is 0 Å². The summed E-state index contributed by atoms with van der Waals surface area (Å²) in [7, 11) is 1.62. The molecule has 0 saturated heterocycles. The molecule has 31 heavy (non-hydrogen) atoms. The van der Waals surface area contributed by atoms with Gasteiger partial charge in [-0.2, -0.15) is 0 Å². The summed E-state index contributed by atoms with van der Waals surface area (Å²) < 4.78 is 7.36. The number of ketones is 1. The van der Waals surface area contributed by atoms with Gasteiger partial charge in [0.25, 0.3) is 5.56 Å². The molecule has 2 aromatic carbocycles. The van der Waals surface area contributed by atoms with E-state index >= 15 is 0 Å². The minimum Gasteiger partial charge on any atom is -0.453 e. The number of para-hydroxylation sites is 1. The monoisotopic (exact) mass is 453 g/mol. The molecule has 156 valence electrons. The van der Waals surface area contributed by atoms with E-state index in [2.05, 4.69) is 10.1 Å². The van der Waals surface area contributed by atoms with Crippen molar-refractivity contribution >= 4 is 39.9 Å². The van der Waals surface area contributed by atoms with Crippen LogP contribution in [0.2, 0.25) is 10.0 Å². The van der Waals surface area contributed by atoms with E-state index in [1.54, 1.807) is 55.7 Å². The van der Waals surface area contributed by atoms with Crippen LogP contribution in [0.3, 0.4) is 0 Å². The first-order valence-electron chi connectivity index (χ1n) is 9.78. The van der Waals surface area contributed by atoms with Crippen molar-refractivity contribution in [3.63, 3.8) is 0 Å². The van der Waals surface area contributed by atoms with Gasteiger partial charge in [-0.1, -0.05) is 29.3 Å². The summed E-state index contributed by atoms with van der Waals surface area (Å²) in [5, 5.41) is 4.39. The standard InChI is InChI=1S/C23H17Cl2N3O3/c1-28-23(30)19(20(27-28)12-5-6-12)21(29)13-7-8-17-14(11-13)18(9-10-26-17)31-22-15(24)3-2-4-16(22)25/h2-4,7-12,27H,5-6H2,1H3. The number of halogens is 2. The van der Waals surface area contributed by atoms with Crippen molar-refractivity contribution in [1.82, 2.24) is 14.8 Å². The van der Waals surface area contributed by atoms with Crippen LogP contribution in [-0.4, -0.2) is 20.5 Å². The first kappa shape index (κ1) is 19.8. The fourth-order valence-electron chi connectivity index (χ4n) is 3.64. The first-order valence-corrected chi connectivity index (χ1v) is 10.5. The maximum absolute atomic E-state index is 13.3. The van der Waals surface area contributed by atoms with Crippen LogP contribution in [-0.2, 0) is 7.05 Å². The quantitative estimate of drug-likeness (QED) is 0.406. The van der Waals surface area contributed by atoms with Crippen molar-refractivity contribution in [2.24, 2.45) is 7.05 Å². The first-order chi connectivity index (χ1) is 14.9. The zero-order chi connectivity index (χ0) is 21.7. The highest BCUT2D eigenvalue weighted by Gasteiger charge is 2.33. The molecule has 0 atom stereocenters. The molecule has 1 aliphatic rings. The van der Waals surface area contributed by atoms with Gasteiger partial charge in [0.1, 0.15) is 11.3 Å². The molecule has 2 heterocycles. The van der Waals surface area contributed by atoms with Crippen LogP contribution >= 0.6 is 23.2 Å². The molecule has 0 aliphatic heterocycles. The van der Waals surface area contributed by atoms with E-state index < -0.39 is 0 Å². The minimum atomic E-state index is -0.323. The highest BCUT2D eigenvalue weighted by Crippen LogP contribution is 2.41. The van der Waals surface area contributed by atoms with Crippen LogP contribution in [0.25, 0.3) is 10.9 Å². The lowest BCUT2D eigenvalue weighted by Gasteiger charge is -2.12. The summed E-state index contributed by atoms with van der Waals surface area (Å²) in [5.74, 6) is 0.692. The maximum atomic E-state index is 13.3. The summed E-state index contributed by atoms with van der Waals surface area (Å²) in [6.07, 6.45) is 3.55. The Morgan fingerprint density at radius 1 is 1.16 bits per heavy atom. The number of carbonyl (C=O) groups is 1. The van der Waals surface area contributed by atoms with E-state index in [4.69, 9.17) is 27.9 Å². The van der Waals surface area contributed by atoms with Crippen LogP contribution in [0.1, 0.15) is 40.4 Å². The summed E-state index contributed by atoms with van der Waals surface area (Å²) in [5.41, 5.74) is 1.61. The number of aryl methyl sites for hydroxylation is 1. The van der Waals surface area contributed by atoms with Crippen molar-refractivity contribution in [3.8, 4) is 11.5 Å². The van der Waals surface area contributed by atoms with E-state index in [0.717, 1.165) is 12.8 Å². The molecule has 0 spiro atoms. The molecule has 1 N–H and O–H groups in total. The van der Waals surface area contributed by atoms with Crippen LogP contribution in [0.4, 0.5) is 0 Å². The van der Waals surface area contributed by atoms with Crippen LogP contribution in [0.5, 0.6) is 11.5 Å². The summed E-state index contributed by atoms with van der Waals surface area (Å²) in [6.45, 7) is 0. The molecular weight excluding hydrogens is 437 g/mol. The highest BCUT2D eigenvalue weighted by molar-refractivity contribution is 6.37. The second kappa shape index (κ2) is 7.55. The van der Waals surface area contributed by atoms with Crippen molar-refractivity contribution < 1.29 is 9.53 Å². The van der Waals surface area contributed by atoms with Crippen LogP contribution in [0, 0.1) is 0 Å². The number of fused-ring (bicyclic) bond motifs is 1. The molecule has 1 aliphatic carbocycles. The lowest BCUT2D eigenvalue weighted by Crippen LogP contribution is -2.19. The molecule has 0 radical (unpaired) electrons. The molecule has 0 unspecified atom stereocenters. The number of nitrogens with zero attached hydrogens (tertiary/aromatic N) is 2. The normalized spacial score (nSPS) is 13.5. The molecule has 2 aromatic heterocycles. The molecule has 0 bridgehead atoms. The average Bonchev–Trinajstić information content (AvgIpc) is 3.56. The summed E-state index contributed by atoms with van der Waals surface area (Å²) in [6, 6.07) is 11.9. The second-order valence-electron chi connectivity index (χ2n) is 7.56. The second-order valence-corrected chi connectivity index (χ2v) is 8.38. The number of carbonyl (C=O) groups excluding carboxylic acids is 1. The third-order valence-electron chi connectivity index (χ3n) is 5.38. The maximum Gasteiger partial charge on any atom is 0.277 e. The lowest BCUT2D eigenvalue weighted by molar-refractivity contribution is 0.103. The predicted octanol–water partition coefficient (Wildman–Crippen LogP) is 5.47. The van der Waals surface area contributed by atoms with E-state index in [1.807, 2.05) is 0 Å². The Morgan fingerprint density at radius 3 is 2.61 bits per heavy atom. The molecule has 6 nitrogen and oxygen atoms in total. The van der Waals surface area contributed by atoms with E-state index in [9.17, 15) is 9.59 Å². The Labute approximate surface area is 187 Å². The molecule has 8 heteroatoms. The number of pyridine rings is 1. The van der Waals surface area contributed by atoms with Crippen LogP contribution in [0.15, 0.2) is 53.5 Å². The molecule has 5 rings (SSSR count). The topological polar surface area (TPSA) is 77.0 Å². The fraction of sp³-hybridized carbons (Fsp3) is 0.174. The zero-order valence-electron chi connectivity index (χ0n) is 16.5. The predicted molar refractivity (Wildman–Crippen MR) is 120 cm³/mol. The van der Waals surface area contributed by atoms with Gasteiger partial charge in [-0.3, -0.25) is 24.4 Å². The van der Waals surface area contributed by atoms with Gasteiger partial charge in [-0.05, 0) is 49.2 Å². The molecular formula is C23H17Cl2N3O3. The lowest BCUT2D eigenvalue weighted by atomic mass is 10.00. The fourth-order valence-corrected chi connectivity index (χ4v) is 4.12. The number of hydrogen-bond donors (Lipinski definition) is 1. The number of aromatic amines is 1. The Bertz CT molecular complexity index is 1380. The van der Waals surface area contributed by atoms with Crippen LogP contribution < -0.4 is 10.3 Å². The van der Waals surface area contributed by atoms with Crippen molar-refractivity contribution in [2.45, 2.75) is 18.8 Å². The molecule has 1 saturated carbocycles. The number of aromatic nitrogens is 3. The number of nitrogens with one attached hydrogen (secondary N) is 1. The van der Waals surface area contributed by atoms with E-state index in [-0.39, 0.29) is 22.8 Å². The third-order valence-corrected chi connectivity index (χ3v) is 5.98. The number of ether oxygens (including phenoxy) is 1. The smallest absolute Gasteiger partial charge is 0.277 e. The van der Waals surface area contributed by atoms with Gasteiger partial charge in [0.2, 0.25) is 5.78 Å². The number of H-pyrrole nitrogens is 1. The largest absolute Gasteiger partial charge is 0.453 e. The Hall–Kier alpha value is -3.09. The minimum absolute atomic E-state index is 0.199. The van der Waals surface area contributed by atoms with Gasteiger partial charge < -0.3 is 4.74 Å². The number of hydrogen-bond acceptors (Lipinski definition) is 4. The van der Waals surface area contributed by atoms with Crippen molar-refractivity contribution in [3.05, 3.63) is 85.9 Å². The third kappa shape index (κ3) is 3.52. The number of rotatable bonds is 5. The van der Waals surface area contributed by atoms with Crippen molar-refractivity contribution in [1.29, 1.82) is 0 Å². The van der Waals surface area contributed by atoms with Gasteiger partial charge in [0.15, 0.2) is 5.75 Å². The average molecular weight is 454 g/mol. The molecule has 1 fully saturated rings. The van der Waals surface area contributed by atoms with Gasteiger partial charge in [-0.15, -0.1) is 0 Å². The van der Waals surface area contributed by atoms with E-state index in [1.165, 1.54) is 4.68 Å². The SMILES string of the molecule is Cn1[nH]c(C2CC2)c(C(=O)c2ccc3nccc(Oc4c(Cl)cccc4Cl)c3c2)c1=O. The highest BCUT2D eigenvalue weighted by atomic mass is 35.5. The van der Waals surface area contributed by atoms with Gasteiger partial charge >= 0.3 is 0 Å². The van der Waals surface area contributed by atoms with Gasteiger partial charge in [0.05, 0.1) is 21.3 Å². The Balaban J connectivity index is 1.60. The Kier molecular flexibility index (Phi) is 4.84. The molecule has 4 aromatic rings. The van der Waals surface area contributed by atoms with Gasteiger partial charge in [0, 0.05) is 30.1 Å². The van der Waals surface area contributed by atoms with E-state index in [0.29, 0.717) is 43.7 Å². The number of benzene rings is 2. The zero-order valence-corrected chi connectivity index (χ0v) is 18.0.